The Morgan fingerprint density at radius 2 is 1.81 bits per heavy atom. The summed E-state index contributed by atoms with van der Waals surface area (Å²) in [5.74, 6) is 2.34. The van der Waals surface area contributed by atoms with Crippen LogP contribution in [0.5, 0.6) is 0 Å². The molecule has 0 radical (unpaired) electrons. The van der Waals surface area contributed by atoms with Crippen LogP contribution in [0.2, 0.25) is 0 Å². The van der Waals surface area contributed by atoms with Gasteiger partial charge in [0, 0.05) is 17.7 Å². The molecule has 0 aromatic carbocycles. The fourth-order valence-corrected chi connectivity index (χ4v) is 6.47. The SMILES string of the molecule is CCC1=CC(=O)NC2=CC(=NC(=O)C34CC5CC(CC(C5)C3)C4)C=CC12. The highest BCUT2D eigenvalue weighted by Gasteiger charge is 2.54. The molecule has 1 aliphatic heterocycles. The molecule has 136 valence electrons. The molecular formula is C22H26N2O2. The first kappa shape index (κ1) is 16.2. The molecule has 1 unspecified atom stereocenters. The van der Waals surface area contributed by atoms with Crippen molar-refractivity contribution in [2.24, 2.45) is 34.1 Å². The highest BCUT2D eigenvalue weighted by Crippen LogP contribution is 2.60. The third-order valence-electron chi connectivity index (χ3n) is 7.21. The van der Waals surface area contributed by atoms with Gasteiger partial charge in [0.15, 0.2) is 0 Å². The molecule has 4 heteroatoms. The molecule has 4 nitrogen and oxygen atoms in total. The zero-order valence-electron chi connectivity index (χ0n) is 15.3. The molecule has 1 atom stereocenters. The number of aliphatic imine (C=N–C) groups is 1. The molecule has 1 N–H and O–H groups in total. The smallest absolute Gasteiger partial charge is 0.252 e. The molecule has 6 rings (SSSR count). The fourth-order valence-electron chi connectivity index (χ4n) is 6.47. The Bertz CT molecular complexity index is 764. The Morgan fingerprint density at radius 3 is 2.42 bits per heavy atom. The zero-order valence-corrected chi connectivity index (χ0v) is 15.3. The van der Waals surface area contributed by atoms with Gasteiger partial charge in [-0.2, -0.15) is 0 Å². The Hall–Kier alpha value is -1.97. The predicted molar refractivity (Wildman–Crippen MR) is 100 cm³/mol. The van der Waals surface area contributed by atoms with Crippen molar-refractivity contribution in [2.75, 3.05) is 0 Å². The standard InChI is InChI=1S/C22H26N2O2/c1-2-16-8-20(25)24-19-9-17(3-4-18(16)19)23-21(26)22-10-13-5-14(11-22)7-15(6-13)12-22/h3-4,8-9,13-15,18H,2,5-7,10-12H2,1H3,(H,24,25). The van der Waals surface area contributed by atoms with Crippen molar-refractivity contribution < 1.29 is 9.59 Å². The Morgan fingerprint density at radius 1 is 1.15 bits per heavy atom. The molecule has 4 fully saturated rings. The predicted octanol–water partition coefficient (Wildman–Crippen LogP) is 3.71. The molecule has 0 aromatic heterocycles. The Labute approximate surface area is 154 Å². The lowest BCUT2D eigenvalue weighted by Gasteiger charge is -2.55. The first-order valence-electron chi connectivity index (χ1n) is 10.1. The maximum absolute atomic E-state index is 13.2. The van der Waals surface area contributed by atoms with Gasteiger partial charge in [0.25, 0.3) is 5.91 Å². The van der Waals surface area contributed by atoms with Crippen LogP contribution in [0.25, 0.3) is 0 Å². The minimum absolute atomic E-state index is 0.0774. The Kier molecular flexibility index (Phi) is 3.60. The van der Waals surface area contributed by atoms with Gasteiger partial charge in [-0.3, -0.25) is 9.59 Å². The lowest BCUT2D eigenvalue weighted by atomic mass is 9.49. The van der Waals surface area contributed by atoms with Gasteiger partial charge in [-0.1, -0.05) is 18.6 Å². The van der Waals surface area contributed by atoms with E-state index in [2.05, 4.69) is 23.3 Å². The molecule has 0 spiro atoms. The van der Waals surface area contributed by atoms with Crippen LogP contribution in [-0.4, -0.2) is 17.5 Å². The first-order chi connectivity index (χ1) is 12.5. The van der Waals surface area contributed by atoms with Crippen molar-refractivity contribution >= 4 is 17.5 Å². The van der Waals surface area contributed by atoms with Crippen molar-refractivity contribution in [3.8, 4) is 0 Å². The molecule has 0 saturated heterocycles. The van der Waals surface area contributed by atoms with Crippen molar-refractivity contribution in [2.45, 2.75) is 51.9 Å². The van der Waals surface area contributed by atoms with Crippen LogP contribution in [0.1, 0.15) is 51.9 Å². The molecule has 4 saturated carbocycles. The molecule has 4 bridgehead atoms. The number of fused-ring (bicyclic) bond motifs is 1. The van der Waals surface area contributed by atoms with E-state index in [1.807, 2.05) is 12.2 Å². The van der Waals surface area contributed by atoms with Crippen molar-refractivity contribution in [3.05, 3.63) is 35.6 Å². The average molecular weight is 350 g/mol. The second-order valence-electron chi connectivity index (χ2n) is 9.04. The summed E-state index contributed by atoms with van der Waals surface area (Å²) in [6, 6.07) is 0. The Balaban J connectivity index is 1.41. The normalized spacial score (nSPS) is 41.6. The summed E-state index contributed by atoms with van der Waals surface area (Å²) in [5, 5.41) is 2.92. The number of carbonyl (C=O) groups excluding carboxylic acids is 2. The fraction of sp³-hybridized carbons (Fsp3) is 0.591. The topological polar surface area (TPSA) is 58.5 Å². The van der Waals surface area contributed by atoms with Crippen LogP contribution in [-0.2, 0) is 9.59 Å². The lowest BCUT2D eigenvalue weighted by Crippen LogP contribution is -2.49. The van der Waals surface area contributed by atoms with E-state index in [9.17, 15) is 9.59 Å². The van der Waals surface area contributed by atoms with Crippen LogP contribution in [0.4, 0.5) is 0 Å². The number of allylic oxidation sites excluding steroid dienone is 3. The van der Waals surface area contributed by atoms with E-state index in [1.165, 1.54) is 19.3 Å². The summed E-state index contributed by atoms with van der Waals surface area (Å²) < 4.78 is 0. The quantitative estimate of drug-likeness (QED) is 0.825. The second kappa shape index (κ2) is 5.77. The summed E-state index contributed by atoms with van der Waals surface area (Å²) in [4.78, 5) is 29.6. The van der Waals surface area contributed by atoms with Crippen molar-refractivity contribution in [1.82, 2.24) is 5.32 Å². The highest BCUT2D eigenvalue weighted by molar-refractivity contribution is 6.12. The number of hydrogen-bond donors (Lipinski definition) is 1. The summed E-state index contributed by atoms with van der Waals surface area (Å²) in [6.45, 7) is 2.07. The summed E-state index contributed by atoms with van der Waals surface area (Å²) in [5.41, 5.74) is 2.46. The van der Waals surface area contributed by atoms with Gasteiger partial charge in [0.05, 0.1) is 11.1 Å². The van der Waals surface area contributed by atoms with Gasteiger partial charge < -0.3 is 5.32 Å². The van der Waals surface area contributed by atoms with Gasteiger partial charge in [-0.25, -0.2) is 4.99 Å². The summed E-state index contributed by atoms with van der Waals surface area (Å²) in [6.07, 6.45) is 15.5. The summed E-state index contributed by atoms with van der Waals surface area (Å²) >= 11 is 0. The van der Waals surface area contributed by atoms with Crippen molar-refractivity contribution in [3.63, 3.8) is 0 Å². The molecule has 2 amide bonds. The molecular weight excluding hydrogens is 324 g/mol. The van der Waals surface area contributed by atoms with Crippen LogP contribution in [0, 0.1) is 29.1 Å². The average Bonchev–Trinajstić information content (AvgIpc) is 2.59. The number of nitrogens with zero attached hydrogens (tertiary/aromatic N) is 1. The van der Waals surface area contributed by atoms with Gasteiger partial charge in [-0.05, 0) is 74.9 Å². The van der Waals surface area contributed by atoms with Crippen LogP contribution in [0.15, 0.2) is 40.6 Å². The van der Waals surface area contributed by atoms with Crippen LogP contribution >= 0.6 is 0 Å². The van der Waals surface area contributed by atoms with E-state index in [-0.39, 0.29) is 23.1 Å². The molecule has 26 heavy (non-hydrogen) atoms. The third-order valence-corrected chi connectivity index (χ3v) is 7.21. The van der Waals surface area contributed by atoms with E-state index >= 15 is 0 Å². The van der Waals surface area contributed by atoms with Gasteiger partial charge in [0.1, 0.15) is 0 Å². The van der Waals surface area contributed by atoms with Crippen LogP contribution in [0.3, 0.4) is 0 Å². The first-order valence-corrected chi connectivity index (χ1v) is 10.1. The van der Waals surface area contributed by atoms with Gasteiger partial charge >= 0.3 is 0 Å². The van der Waals surface area contributed by atoms with E-state index in [4.69, 9.17) is 0 Å². The molecule has 0 aromatic rings. The van der Waals surface area contributed by atoms with Crippen molar-refractivity contribution in [1.29, 1.82) is 0 Å². The van der Waals surface area contributed by atoms with E-state index in [0.717, 1.165) is 54.7 Å². The summed E-state index contributed by atoms with van der Waals surface area (Å²) in [7, 11) is 0. The van der Waals surface area contributed by atoms with E-state index < -0.39 is 0 Å². The van der Waals surface area contributed by atoms with E-state index in [0.29, 0.717) is 5.71 Å². The number of amides is 2. The second-order valence-corrected chi connectivity index (χ2v) is 9.04. The number of carbonyl (C=O) groups is 2. The molecule has 5 aliphatic carbocycles. The highest BCUT2D eigenvalue weighted by atomic mass is 16.2. The molecule has 6 aliphatic rings. The number of rotatable bonds is 2. The lowest BCUT2D eigenvalue weighted by molar-refractivity contribution is -0.142. The third kappa shape index (κ3) is 2.53. The zero-order chi connectivity index (χ0) is 17.9. The maximum Gasteiger partial charge on any atom is 0.252 e. The number of hydrogen-bond acceptors (Lipinski definition) is 2. The molecule has 1 heterocycles. The minimum Gasteiger partial charge on any atom is -0.325 e. The minimum atomic E-state index is -0.199. The van der Waals surface area contributed by atoms with E-state index in [1.54, 1.807) is 6.08 Å². The van der Waals surface area contributed by atoms with Crippen LogP contribution < -0.4 is 5.32 Å². The number of nitrogens with one attached hydrogen (secondary N) is 1. The monoisotopic (exact) mass is 350 g/mol. The largest absolute Gasteiger partial charge is 0.325 e. The maximum atomic E-state index is 13.2. The van der Waals surface area contributed by atoms with Gasteiger partial charge in [-0.15, -0.1) is 0 Å². The van der Waals surface area contributed by atoms with Gasteiger partial charge in [0.2, 0.25) is 5.91 Å².